The van der Waals surface area contributed by atoms with Crippen LogP contribution in [0.3, 0.4) is 0 Å². The molecule has 1 aromatic heterocycles. The number of pyridine rings is 1. The monoisotopic (exact) mass is 465 g/mol. The molecule has 0 bridgehead atoms. The van der Waals surface area contributed by atoms with E-state index in [1.54, 1.807) is 0 Å². The minimum atomic E-state index is -0.106. The summed E-state index contributed by atoms with van der Waals surface area (Å²) in [6.07, 6.45) is 2.27. The van der Waals surface area contributed by atoms with Crippen LogP contribution < -0.4 is 20.3 Å². The number of H-pyrrole nitrogens is 1. The molecule has 1 fully saturated rings. The van der Waals surface area contributed by atoms with Gasteiger partial charge < -0.3 is 29.4 Å². The van der Waals surface area contributed by atoms with Crippen LogP contribution in [-0.4, -0.2) is 41.0 Å². The van der Waals surface area contributed by atoms with Crippen molar-refractivity contribution in [3.8, 4) is 11.5 Å². The van der Waals surface area contributed by atoms with E-state index in [4.69, 9.17) is 26.4 Å². The van der Waals surface area contributed by atoms with Gasteiger partial charge >= 0.3 is 0 Å². The number of hydrogen-bond acceptors (Lipinski definition) is 5. The van der Waals surface area contributed by atoms with Gasteiger partial charge in [0.2, 0.25) is 6.79 Å². The van der Waals surface area contributed by atoms with E-state index in [1.165, 1.54) is 0 Å². The molecule has 1 atom stereocenters. The van der Waals surface area contributed by atoms with Crippen molar-refractivity contribution in [1.82, 2.24) is 15.2 Å². The smallest absolute Gasteiger partial charge is 0.253 e. The number of aromatic nitrogens is 1. The number of fused-ring (bicyclic) bond motifs is 2. The first-order valence-electron chi connectivity index (χ1n) is 11.2. The number of aromatic amines is 1. The minimum absolute atomic E-state index is 0.106. The van der Waals surface area contributed by atoms with Gasteiger partial charge in [-0.2, -0.15) is 0 Å². The van der Waals surface area contributed by atoms with Gasteiger partial charge in [0.05, 0.1) is 12.6 Å². The molecule has 172 valence electrons. The van der Waals surface area contributed by atoms with Crippen LogP contribution in [0.2, 0.25) is 0 Å². The molecule has 0 saturated carbocycles. The summed E-state index contributed by atoms with van der Waals surface area (Å²) < 4.78 is 16.7. The Balaban J connectivity index is 1.39. The molecule has 0 amide bonds. The van der Waals surface area contributed by atoms with Crippen LogP contribution in [0.25, 0.3) is 10.9 Å². The highest BCUT2D eigenvalue weighted by molar-refractivity contribution is 7.80. The molecular formula is C25H27N3O4S. The molecule has 7 nitrogen and oxygen atoms in total. The maximum atomic E-state index is 12.9. The van der Waals surface area contributed by atoms with Gasteiger partial charge in [0.25, 0.3) is 5.56 Å². The Morgan fingerprint density at radius 3 is 2.88 bits per heavy atom. The Kier molecular flexibility index (Phi) is 6.20. The molecule has 3 aromatic rings. The summed E-state index contributed by atoms with van der Waals surface area (Å²) in [5, 5.41) is 4.93. The predicted octanol–water partition coefficient (Wildman–Crippen LogP) is 3.62. The zero-order valence-electron chi connectivity index (χ0n) is 18.6. The van der Waals surface area contributed by atoms with Crippen molar-refractivity contribution in [2.75, 3.05) is 19.9 Å². The molecule has 5 rings (SSSR count). The number of ether oxygens (including phenoxy) is 3. The van der Waals surface area contributed by atoms with E-state index < -0.39 is 0 Å². The molecule has 0 spiro atoms. The second kappa shape index (κ2) is 9.41. The van der Waals surface area contributed by atoms with Crippen LogP contribution in [0.1, 0.15) is 29.5 Å². The second-order valence-electron chi connectivity index (χ2n) is 8.58. The van der Waals surface area contributed by atoms with Crippen molar-refractivity contribution in [3.63, 3.8) is 0 Å². The van der Waals surface area contributed by atoms with Gasteiger partial charge in [-0.3, -0.25) is 4.79 Å². The van der Waals surface area contributed by atoms with Crippen molar-refractivity contribution in [1.29, 1.82) is 0 Å². The summed E-state index contributed by atoms with van der Waals surface area (Å²) >= 11 is 5.76. The lowest BCUT2D eigenvalue weighted by Crippen LogP contribution is -2.42. The number of thiocarbonyl (C=S) groups is 1. The Hall–Kier alpha value is -3.10. The maximum Gasteiger partial charge on any atom is 0.253 e. The maximum absolute atomic E-state index is 12.9. The van der Waals surface area contributed by atoms with Gasteiger partial charge in [-0.15, -0.1) is 0 Å². The summed E-state index contributed by atoms with van der Waals surface area (Å²) in [7, 11) is 0. The van der Waals surface area contributed by atoms with Crippen molar-refractivity contribution in [3.05, 3.63) is 69.5 Å². The van der Waals surface area contributed by atoms with E-state index in [1.807, 2.05) is 54.3 Å². The van der Waals surface area contributed by atoms with Crippen LogP contribution in [0.15, 0.2) is 47.3 Å². The highest BCUT2D eigenvalue weighted by Gasteiger charge is 2.20. The third kappa shape index (κ3) is 4.96. The van der Waals surface area contributed by atoms with E-state index in [0.29, 0.717) is 30.3 Å². The summed E-state index contributed by atoms with van der Waals surface area (Å²) in [4.78, 5) is 17.9. The zero-order valence-corrected chi connectivity index (χ0v) is 19.4. The highest BCUT2D eigenvalue weighted by atomic mass is 32.1. The third-order valence-corrected chi connectivity index (χ3v) is 6.44. The molecule has 0 radical (unpaired) electrons. The van der Waals surface area contributed by atoms with Crippen molar-refractivity contribution >= 4 is 28.2 Å². The quantitative estimate of drug-likeness (QED) is 0.539. The van der Waals surface area contributed by atoms with E-state index >= 15 is 0 Å². The standard InChI is InChI=1S/C25H27N3O4S/c1-16-4-6-18-11-19(24(29)27-21(18)9-16)14-28(25(33)26-12-20-3-2-8-30-20)13-17-5-7-22-23(10-17)32-15-31-22/h4-7,9-11,20H,2-3,8,12-15H2,1H3,(H,26,33)(H,27,29). The number of nitrogens with one attached hydrogen (secondary N) is 2. The molecule has 0 aliphatic carbocycles. The molecule has 1 saturated heterocycles. The predicted molar refractivity (Wildman–Crippen MR) is 131 cm³/mol. The van der Waals surface area contributed by atoms with Crippen LogP contribution in [0, 0.1) is 6.92 Å². The molecule has 1 unspecified atom stereocenters. The number of rotatable bonds is 6. The van der Waals surface area contributed by atoms with Gasteiger partial charge in [0, 0.05) is 30.8 Å². The zero-order chi connectivity index (χ0) is 22.8. The fourth-order valence-electron chi connectivity index (χ4n) is 4.26. The first-order chi connectivity index (χ1) is 16.0. The lowest BCUT2D eigenvalue weighted by molar-refractivity contribution is 0.113. The average Bonchev–Trinajstić information content (AvgIpc) is 3.49. The van der Waals surface area contributed by atoms with Crippen LogP contribution in [0.4, 0.5) is 0 Å². The number of hydrogen-bond donors (Lipinski definition) is 2. The first kappa shape index (κ1) is 21.7. The topological polar surface area (TPSA) is 75.8 Å². The summed E-state index contributed by atoms with van der Waals surface area (Å²) in [6.45, 7) is 4.60. The lowest BCUT2D eigenvalue weighted by Gasteiger charge is -2.27. The van der Waals surface area contributed by atoms with Crippen molar-refractivity contribution in [2.45, 2.75) is 39.0 Å². The van der Waals surface area contributed by atoms with Crippen molar-refractivity contribution in [2.24, 2.45) is 0 Å². The Bertz CT molecular complexity index is 1240. The molecule has 3 heterocycles. The SMILES string of the molecule is Cc1ccc2cc(CN(Cc3ccc4c(c3)OCO4)C(=S)NCC3CCCO3)c(=O)[nH]c2c1. The Morgan fingerprint density at radius 1 is 1.15 bits per heavy atom. The molecule has 2 N–H and O–H groups in total. The third-order valence-electron chi connectivity index (χ3n) is 6.04. The Labute approximate surface area is 197 Å². The summed E-state index contributed by atoms with van der Waals surface area (Å²) in [6, 6.07) is 13.9. The molecule has 2 aliphatic heterocycles. The van der Waals surface area contributed by atoms with Gasteiger partial charge in [-0.25, -0.2) is 0 Å². The molecular weight excluding hydrogens is 438 g/mol. The molecule has 33 heavy (non-hydrogen) atoms. The largest absolute Gasteiger partial charge is 0.454 e. The summed E-state index contributed by atoms with van der Waals surface area (Å²) in [5.41, 5.74) is 3.52. The average molecular weight is 466 g/mol. The second-order valence-corrected chi connectivity index (χ2v) is 8.97. The summed E-state index contributed by atoms with van der Waals surface area (Å²) in [5.74, 6) is 1.47. The van der Waals surface area contributed by atoms with Crippen LogP contribution in [-0.2, 0) is 17.8 Å². The van der Waals surface area contributed by atoms with Crippen LogP contribution >= 0.6 is 12.2 Å². The first-order valence-corrected chi connectivity index (χ1v) is 11.6. The van der Waals surface area contributed by atoms with E-state index in [9.17, 15) is 4.79 Å². The van der Waals surface area contributed by atoms with Gasteiger partial charge in [-0.05, 0) is 72.8 Å². The fourth-order valence-corrected chi connectivity index (χ4v) is 4.47. The Morgan fingerprint density at radius 2 is 2.03 bits per heavy atom. The number of aryl methyl sites for hydroxylation is 1. The lowest BCUT2D eigenvalue weighted by atomic mass is 10.1. The van der Waals surface area contributed by atoms with E-state index in [2.05, 4.69) is 10.3 Å². The highest BCUT2D eigenvalue weighted by Crippen LogP contribution is 2.33. The molecule has 2 aliphatic rings. The molecule has 8 heteroatoms. The van der Waals surface area contributed by atoms with E-state index in [0.717, 1.165) is 53.0 Å². The minimum Gasteiger partial charge on any atom is -0.454 e. The number of benzene rings is 2. The van der Waals surface area contributed by atoms with Gasteiger partial charge in [0.15, 0.2) is 16.6 Å². The van der Waals surface area contributed by atoms with E-state index in [-0.39, 0.29) is 18.5 Å². The van der Waals surface area contributed by atoms with Crippen molar-refractivity contribution < 1.29 is 14.2 Å². The van der Waals surface area contributed by atoms with Crippen LogP contribution in [0.5, 0.6) is 11.5 Å². The fraction of sp³-hybridized carbons (Fsp3) is 0.360. The van der Waals surface area contributed by atoms with Gasteiger partial charge in [0.1, 0.15) is 0 Å². The molecule has 2 aromatic carbocycles. The normalized spacial score (nSPS) is 16.8. The van der Waals surface area contributed by atoms with Gasteiger partial charge in [-0.1, -0.05) is 18.2 Å². The number of nitrogens with zero attached hydrogens (tertiary/aromatic N) is 1.